The molecule has 1 aromatic carbocycles. The Morgan fingerprint density at radius 3 is 2.75 bits per heavy atom. The van der Waals surface area contributed by atoms with Crippen molar-refractivity contribution in [3.8, 4) is 11.5 Å². The first kappa shape index (κ1) is 16.7. The average molecular weight is 297 g/mol. The van der Waals surface area contributed by atoms with Crippen LogP contribution in [0.3, 0.4) is 0 Å². The molecule has 0 aliphatic rings. The average Bonchev–Trinajstić information content (AvgIpc) is 2.46. The second kappa shape index (κ2) is 9.53. The van der Waals surface area contributed by atoms with Gasteiger partial charge in [0.15, 0.2) is 11.5 Å². The molecule has 0 radical (unpaired) electrons. The Morgan fingerprint density at radius 2 is 2.05 bits per heavy atom. The maximum absolute atomic E-state index is 11.9. The van der Waals surface area contributed by atoms with Gasteiger partial charge in [-0.1, -0.05) is 18.9 Å². The number of ether oxygens (including phenoxy) is 1. The van der Waals surface area contributed by atoms with Crippen LogP contribution in [0.2, 0.25) is 0 Å². The minimum Gasteiger partial charge on any atom is -0.504 e. The summed E-state index contributed by atoms with van der Waals surface area (Å²) in [5.41, 5.74) is 0.256. The number of methoxy groups -OCH3 is 1. The van der Waals surface area contributed by atoms with Gasteiger partial charge in [0, 0.05) is 6.54 Å². The summed E-state index contributed by atoms with van der Waals surface area (Å²) >= 11 is 1.86. The molecule has 5 heteroatoms. The Bertz CT molecular complexity index is 424. The van der Waals surface area contributed by atoms with Crippen LogP contribution in [0.15, 0.2) is 18.2 Å². The molecule has 0 aromatic heterocycles. The normalized spacial score (nSPS) is 10.3. The van der Waals surface area contributed by atoms with Gasteiger partial charge in [-0.15, -0.1) is 0 Å². The van der Waals surface area contributed by atoms with Gasteiger partial charge in [0.25, 0.3) is 5.91 Å². The van der Waals surface area contributed by atoms with E-state index < -0.39 is 0 Å². The smallest absolute Gasteiger partial charge is 0.255 e. The van der Waals surface area contributed by atoms with Gasteiger partial charge in [-0.2, -0.15) is 11.8 Å². The minimum absolute atomic E-state index is 0.104. The molecule has 112 valence electrons. The zero-order chi connectivity index (χ0) is 14.8. The number of rotatable bonds is 9. The van der Waals surface area contributed by atoms with E-state index in [0.29, 0.717) is 12.3 Å². The van der Waals surface area contributed by atoms with Gasteiger partial charge in [-0.25, -0.2) is 0 Å². The molecule has 1 amide bonds. The maximum atomic E-state index is 11.9. The van der Waals surface area contributed by atoms with Gasteiger partial charge >= 0.3 is 0 Å². The third kappa shape index (κ3) is 5.33. The number of carbonyl (C=O) groups is 1. The number of aromatic hydroxyl groups is 1. The summed E-state index contributed by atoms with van der Waals surface area (Å²) in [5.74, 6) is 1.15. The van der Waals surface area contributed by atoms with E-state index in [1.807, 2.05) is 11.8 Å². The topological polar surface area (TPSA) is 58.6 Å². The number of phenolic OH excluding ortho intramolecular Hbond substituents is 1. The number of benzene rings is 1. The molecular formula is C15H23NO3S. The summed E-state index contributed by atoms with van der Waals surface area (Å²) in [7, 11) is 1.46. The summed E-state index contributed by atoms with van der Waals surface area (Å²) < 4.78 is 4.98. The van der Waals surface area contributed by atoms with Gasteiger partial charge in [0.2, 0.25) is 0 Å². The highest BCUT2D eigenvalue weighted by atomic mass is 32.2. The number of thioether (sulfide) groups is 1. The first-order valence-corrected chi connectivity index (χ1v) is 8.23. The van der Waals surface area contributed by atoms with Crippen molar-refractivity contribution in [1.82, 2.24) is 5.32 Å². The van der Waals surface area contributed by atoms with Crippen LogP contribution >= 0.6 is 11.8 Å². The Morgan fingerprint density at radius 1 is 1.30 bits per heavy atom. The van der Waals surface area contributed by atoms with Gasteiger partial charge < -0.3 is 15.2 Å². The molecule has 0 bridgehead atoms. The van der Waals surface area contributed by atoms with Crippen molar-refractivity contribution < 1.29 is 14.6 Å². The molecule has 0 spiro atoms. The molecule has 20 heavy (non-hydrogen) atoms. The molecule has 0 saturated carbocycles. The maximum Gasteiger partial charge on any atom is 0.255 e. The molecule has 1 rings (SSSR count). The predicted molar refractivity (Wildman–Crippen MR) is 83.8 cm³/mol. The number of nitrogens with one attached hydrogen (secondary N) is 1. The lowest BCUT2D eigenvalue weighted by Gasteiger charge is -2.09. The largest absolute Gasteiger partial charge is 0.504 e. The fourth-order valence-corrected chi connectivity index (χ4v) is 2.39. The third-order valence-corrected chi connectivity index (χ3v) is 3.72. The lowest BCUT2D eigenvalue weighted by atomic mass is 10.1. The molecule has 4 nitrogen and oxygen atoms in total. The molecular weight excluding hydrogens is 274 g/mol. The number of hydrogen-bond acceptors (Lipinski definition) is 4. The first-order valence-electron chi connectivity index (χ1n) is 6.83. The lowest BCUT2D eigenvalue weighted by Crippen LogP contribution is -2.24. The highest BCUT2D eigenvalue weighted by Crippen LogP contribution is 2.29. The van der Waals surface area contributed by atoms with E-state index in [2.05, 4.69) is 11.6 Å². The number of carbonyl (C=O) groups excluding carboxylic acids is 1. The summed E-state index contributed by atoms with van der Waals surface area (Å²) in [6, 6.07) is 4.90. The Hall–Kier alpha value is -1.36. The minimum atomic E-state index is -0.259. The summed E-state index contributed by atoms with van der Waals surface area (Å²) in [6.45, 7) is 0.634. The number of amides is 1. The Labute approximate surface area is 124 Å². The third-order valence-electron chi connectivity index (χ3n) is 3.02. The number of phenols is 1. The van der Waals surface area contributed by atoms with E-state index in [9.17, 15) is 9.90 Å². The van der Waals surface area contributed by atoms with Crippen LogP contribution in [-0.4, -0.2) is 36.7 Å². The van der Waals surface area contributed by atoms with Crippen LogP contribution in [0, 0.1) is 0 Å². The van der Waals surface area contributed by atoms with Gasteiger partial charge in [0.05, 0.1) is 12.7 Å². The van der Waals surface area contributed by atoms with Crippen molar-refractivity contribution >= 4 is 17.7 Å². The number of unbranched alkanes of at least 4 members (excludes halogenated alkanes) is 3. The summed E-state index contributed by atoms with van der Waals surface area (Å²) in [6.07, 6.45) is 6.61. The SMILES string of the molecule is COc1cccc(C(=O)NCCCCCCSC)c1O. The van der Waals surface area contributed by atoms with Crippen molar-refractivity contribution in [2.75, 3.05) is 25.7 Å². The van der Waals surface area contributed by atoms with E-state index in [0.717, 1.165) is 12.8 Å². The summed E-state index contributed by atoms with van der Waals surface area (Å²) in [4.78, 5) is 11.9. The van der Waals surface area contributed by atoms with Crippen LogP contribution in [0.4, 0.5) is 0 Å². The van der Waals surface area contributed by atoms with Gasteiger partial charge in [-0.3, -0.25) is 4.79 Å². The number of para-hydroxylation sites is 1. The standard InChI is InChI=1S/C15H23NO3S/c1-19-13-9-7-8-12(14(13)17)15(18)16-10-5-3-4-6-11-20-2/h7-9,17H,3-6,10-11H2,1-2H3,(H,16,18). The molecule has 0 unspecified atom stereocenters. The predicted octanol–water partition coefficient (Wildman–Crippen LogP) is 3.05. The molecule has 0 heterocycles. The summed E-state index contributed by atoms with van der Waals surface area (Å²) in [5, 5.41) is 12.7. The highest BCUT2D eigenvalue weighted by Gasteiger charge is 2.13. The highest BCUT2D eigenvalue weighted by molar-refractivity contribution is 7.98. The molecule has 1 aromatic rings. The second-order valence-corrected chi connectivity index (χ2v) is 5.50. The van der Waals surface area contributed by atoms with Crippen LogP contribution < -0.4 is 10.1 Å². The quantitative estimate of drug-likeness (QED) is 0.688. The second-order valence-electron chi connectivity index (χ2n) is 4.52. The Balaban J connectivity index is 2.33. The monoisotopic (exact) mass is 297 g/mol. The fourth-order valence-electron chi connectivity index (χ4n) is 1.89. The van der Waals surface area contributed by atoms with Crippen molar-refractivity contribution in [3.05, 3.63) is 23.8 Å². The molecule has 2 N–H and O–H groups in total. The van der Waals surface area contributed by atoms with Crippen molar-refractivity contribution in [1.29, 1.82) is 0 Å². The molecule has 0 atom stereocenters. The van der Waals surface area contributed by atoms with Crippen LogP contribution in [0.1, 0.15) is 36.0 Å². The van der Waals surface area contributed by atoms with Crippen LogP contribution in [-0.2, 0) is 0 Å². The lowest BCUT2D eigenvalue weighted by molar-refractivity contribution is 0.0949. The fraction of sp³-hybridized carbons (Fsp3) is 0.533. The van der Waals surface area contributed by atoms with Gasteiger partial charge in [0.1, 0.15) is 0 Å². The van der Waals surface area contributed by atoms with Crippen molar-refractivity contribution in [2.45, 2.75) is 25.7 Å². The number of hydrogen-bond donors (Lipinski definition) is 2. The van der Waals surface area contributed by atoms with E-state index in [-0.39, 0.29) is 17.2 Å². The van der Waals surface area contributed by atoms with Gasteiger partial charge in [-0.05, 0) is 37.0 Å². The van der Waals surface area contributed by atoms with E-state index in [1.165, 1.54) is 25.7 Å². The van der Waals surface area contributed by atoms with E-state index >= 15 is 0 Å². The first-order chi connectivity index (χ1) is 9.70. The van der Waals surface area contributed by atoms with Crippen molar-refractivity contribution in [3.63, 3.8) is 0 Å². The zero-order valence-electron chi connectivity index (χ0n) is 12.1. The molecule has 0 saturated heterocycles. The molecule has 0 aliphatic carbocycles. The molecule has 0 aliphatic heterocycles. The van der Waals surface area contributed by atoms with E-state index in [4.69, 9.17) is 4.74 Å². The van der Waals surface area contributed by atoms with Crippen LogP contribution in [0.25, 0.3) is 0 Å². The van der Waals surface area contributed by atoms with Crippen molar-refractivity contribution in [2.24, 2.45) is 0 Å². The Kier molecular flexibility index (Phi) is 7.95. The van der Waals surface area contributed by atoms with Crippen LogP contribution in [0.5, 0.6) is 11.5 Å². The zero-order valence-corrected chi connectivity index (χ0v) is 13.0. The van der Waals surface area contributed by atoms with E-state index in [1.54, 1.807) is 18.2 Å². The molecule has 0 fully saturated rings.